The van der Waals surface area contributed by atoms with Gasteiger partial charge in [-0.2, -0.15) is 4.39 Å². The Hall–Kier alpha value is -0.210. The van der Waals surface area contributed by atoms with Crippen LogP contribution in [0.5, 0.6) is 0 Å². The lowest BCUT2D eigenvalue weighted by molar-refractivity contribution is 0.270. The first-order valence-corrected chi connectivity index (χ1v) is 7.80. The van der Waals surface area contributed by atoms with Gasteiger partial charge in [-0.05, 0) is 49.2 Å². The van der Waals surface area contributed by atoms with E-state index in [1.165, 1.54) is 6.20 Å². The molecule has 0 aliphatic rings. The number of halogens is 2. The monoisotopic (exact) mass is 352 g/mol. The second-order valence-corrected chi connectivity index (χ2v) is 8.01. The van der Waals surface area contributed by atoms with Gasteiger partial charge >= 0.3 is 0 Å². The molecule has 19 heavy (non-hydrogen) atoms. The van der Waals surface area contributed by atoms with Crippen molar-refractivity contribution in [3.8, 4) is 0 Å². The normalized spacial score (nSPS) is 15.3. The van der Waals surface area contributed by atoms with Crippen LogP contribution in [-0.4, -0.2) is 26.0 Å². The Morgan fingerprint density at radius 2 is 2.21 bits per heavy atom. The third kappa shape index (κ3) is 5.00. The van der Waals surface area contributed by atoms with E-state index in [0.29, 0.717) is 10.0 Å². The van der Waals surface area contributed by atoms with Crippen LogP contribution in [0, 0.1) is 5.95 Å². The number of hydrogen-bond donors (Lipinski definition) is 2. The maximum Gasteiger partial charge on any atom is 0.217 e. The summed E-state index contributed by atoms with van der Waals surface area (Å²) in [6, 6.07) is 1.03. The molecule has 108 valence electrons. The fourth-order valence-corrected chi connectivity index (χ4v) is 2.60. The van der Waals surface area contributed by atoms with E-state index >= 15 is 0 Å². The van der Waals surface area contributed by atoms with E-state index in [1.807, 2.05) is 20.8 Å². The third-order valence-electron chi connectivity index (χ3n) is 2.43. The predicted molar refractivity (Wildman–Crippen MR) is 77.4 cm³/mol. The Bertz CT molecular complexity index is 429. The average Bonchev–Trinajstić information content (AvgIpc) is 2.30. The summed E-state index contributed by atoms with van der Waals surface area (Å²) in [5.41, 5.74) is 0.293. The molecule has 1 unspecified atom stereocenters. The molecule has 0 aliphatic heterocycles. The highest BCUT2D eigenvalue weighted by atomic mass is 79.9. The zero-order chi connectivity index (χ0) is 14.6. The summed E-state index contributed by atoms with van der Waals surface area (Å²) in [7, 11) is 0. The number of hydrogen-bond acceptors (Lipinski definition) is 4. The Morgan fingerprint density at radius 3 is 2.74 bits per heavy atom. The largest absolute Gasteiger partial charge is 0.598 e. The maximum atomic E-state index is 13.7. The molecule has 0 fully saturated rings. The second-order valence-electron chi connectivity index (χ2n) is 5.10. The smallest absolute Gasteiger partial charge is 0.217 e. The van der Waals surface area contributed by atoms with Gasteiger partial charge < -0.3 is 9.66 Å². The van der Waals surface area contributed by atoms with Gasteiger partial charge in [-0.3, -0.25) is 0 Å². The van der Waals surface area contributed by atoms with E-state index in [9.17, 15) is 8.94 Å². The molecule has 1 aromatic heterocycles. The van der Waals surface area contributed by atoms with Gasteiger partial charge in [0, 0.05) is 34.2 Å². The molecule has 0 aromatic carbocycles. The van der Waals surface area contributed by atoms with Gasteiger partial charge in [-0.25, -0.2) is 4.98 Å². The number of nitrogens with zero attached hydrogens (tertiary/aromatic N) is 1. The molecule has 0 radical (unpaired) electrons. The van der Waals surface area contributed by atoms with Gasteiger partial charge in [0.25, 0.3) is 0 Å². The van der Waals surface area contributed by atoms with E-state index < -0.39 is 28.1 Å². The SMILES string of the molecule is CC(C)(C)[S+]([O-])N[C@@H](CCO)c1cc(Br)cnc1F. The molecular formula is C12H18BrFN2O2S. The summed E-state index contributed by atoms with van der Waals surface area (Å²) in [6.45, 7) is 5.33. The number of pyridine rings is 1. The lowest BCUT2D eigenvalue weighted by Gasteiger charge is -2.28. The van der Waals surface area contributed by atoms with Gasteiger partial charge in [0.05, 0.1) is 6.04 Å². The van der Waals surface area contributed by atoms with Crippen LogP contribution < -0.4 is 4.72 Å². The minimum atomic E-state index is -1.36. The van der Waals surface area contributed by atoms with Crippen LogP contribution >= 0.6 is 15.9 Å². The Morgan fingerprint density at radius 1 is 1.58 bits per heavy atom. The van der Waals surface area contributed by atoms with Crippen LogP contribution in [0.2, 0.25) is 0 Å². The Balaban J connectivity index is 2.97. The molecule has 2 N–H and O–H groups in total. The van der Waals surface area contributed by atoms with Gasteiger partial charge in [0.2, 0.25) is 5.95 Å². The van der Waals surface area contributed by atoms with Crippen molar-refractivity contribution >= 4 is 27.3 Å². The van der Waals surface area contributed by atoms with Crippen LogP contribution in [-0.2, 0) is 11.4 Å². The van der Waals surface area contributed by atoms with Crippen LogP contribution in [0.1, 0.15) is 38.8 Å². The van der Waals surface area contributed by atoms with E-state index in [0.717, 1.165) is 0 Å². The number of aliphatic hydroxyl groups excluding tert-OH is 1. The molecule has 2 atom stereocenters. The highest BCUT2D eigenvalue weighted by Crippen LogP contribution is 2.25. The van der Waals surface area contributed by atoms with Crippen LogP contribution in [0.25, 0.3) is 0 Å². The maximum absolute atomic E-state index is 13.7. The van der Waals surface area contributed by atoms with Crippen LogP contribution in [0.4, 0.5) is 4.39 Å². The van der Waals surface area contributed by atoms with Crippen molar-refractivity contribution in [2.24, 2.45) is 0 Å². The number of rotatable bonds is 5. The fourth-order valence-electron chi connectivity index (χ4n) is 1.40. The minimum absolute atomic E-state index is 0.134. The Kier molecular flexibility index (Phi) is 6.19. The molecule has 1 heterocycles. The first kappa shape index (κ1) is 16.8. The van der Waals surface area contributed by atoms with Crippen LogP contribution in [0.3, 0.4) is 0 Å². The lowest BCUT2D eigenvalue weighted by atomic mass is 10.1. The summed E-state index contributed by atoms with van der Waals surface area (Å²) in [6.07, 6.45) is 1.62. The van der Waals surface area contributed by atoms with E-state index in [2.05, 4.69) is 25.6 Å². The van der Waals surface area contributed by atoms with Gasteiger partial charge in [-0.1, -0.05) is 0 Å². The van der Waals surface area contributed by atoms with E-state index in [4.69, 9.17) is 5.11 Å². The van der Waals surface area contributed by atoms with Crippen molar-refractivity contribution in [1.29, 1.82) is 0 Å². The van der Waals surface area contributed by atoms with Gasteiger partial charge in [0.1, 0.15) is 4.75 Å². The van der Waals surface area contributed by atoms with Crippen molar-refractivity contribution in [3.05, 3.63) is 28.2 Å². The molecule has 7 heteroatoms. The van der Waals surface area contributed by atoms with Crippen molar-refractivity contribution in [1.82, 2.24) is 9.71 Å². The molecule has 1 rings (SSSR count). The molecule has 4 nitrogen and oxygen atoms in total. The second kappa shape index (κ2) is 6.99. The first-order valence-electron chi connectivity index (χ1n) is 5.85. The molecule has 0 spiro atoms. The predicted octanol–water partition coefficient (Wildman–Crippen LogP) is 2.46. The fraction of sp³-hybridized carbons (Fsp3) is 0.583. The Labute approximate surface area is 124 Å². The van der Waals surface area contributed by atoms with Gasteiger partial charge in [0.15, 0.2) is 0 Å². The summed E-state index contributed by atoms with van der Waals surface area (Å²) in [4.78, 5) is 3.62. The molecule has 0 bridgehead atoms. The lowest BCUT2D eigenvalue weighted by Crippen LogP contribution is -2.41. The molecule has 0 saturated carbocycles. The molecule has 0 aliphatic carbocycles. The van der Waals surface area contributed by atoms with Crippen LogP contribution in [0.15, 0.2) is 16.7 Å². The molecule has 0 amide bonds. The zero-order valence-electron chi connectivity index (χ0n) is 11.1. The van der Waals surface area contributed by atoms with E-state index in [-0.39, 0.29) is 13.0 Å². The average molecular weight is 353 g/mol. The minimum Gasteiger partial charge on any atom is -0.598 e. The topological polar surface area (TPSA) is 68.2 Å². The van der Waals surface area contributed by atoms with Crippen molar-refractivity contribution in [2.75, 3.05) is 6.61 Å². The standard InChI is InChI=1S/C12H18BrFN2O2S/c1-12(2,3)19(18)16-10(4-5-17)9-6-8(13)7-15-11(9)14/h6-7,10,16-17H,4-5H2,1-3H3/t10-,19?/m0/s1. The molecule has 1 aromatic rings. The number of aromatic nitrogens is 1. The zero-order valence-corrected chi connectivity index (χ0v) is 13.5. The highest BCUT2D eigenvalue weighted by Gasteiger charge is 2.30. The third-order valence-corrected chi connectivity index (χ3v) is 4.48. The highest BCUT2D eigenvalue weighted by molar-refractivity contribution is 9.10. The quantitative estimate of drug-likeness (QED) is 0.630. The van der Waals surface area contributed by atoms with E-state index in [1.54, 1.807) is 6.07 Å². The van der Waals surface area contributed by atoms with Gasteiger partial charge in [-0.15, -0.1) is 4.72 Å². The number of aliphatic hydroxyl groups is 1. The first-order chi connectivity index (χ1) is 8.75. The molecular weight excluding hydrogens is 335 g/mol. The summed E-state index contributed by atoms with van der Waals surface area (Å²) in [5.74, 6) is -0.625. The summed E-state index contributed by atoms with van der Waals surface area (Å²) in [5, 5.41) is 9.08. The summed E-state index contributed by atoms with van der Waals surface area (Å²) >= 11 is 1.87. The van der Waals surface area contributed by atoms with Crippen molar-refractivity contribution in [2.45, 2.75) is 38.0 Å². The summed E-state index contributed by atoms with van der Waals surface area (Å²) < 4.78 is 28.8. The van der Waals surface area contributed by atoms with Crippen molar-refractivity contribution < 1.29 is 14.0 Å². The number of nitrogens with one attached hydrogen (secondary N) is 1. The molecule has 0 saturated heterocycles. The van der Waals surface area contributed by atoms with Crippen molar-refractivity contribution in [3.63, 3.8) is 0 Å².